The molecule has 26 heavy (non-hydrogen) atoms. The molecule has 138 valence electrons. The Morgan fingerprint density at radius 1 is 1.08 bits per heavy atom. The van der Waals surface area contributed by atoms with Gasteiger partial charge in [0, 0.05) is 17.1 Å². The van der Waals surface area contributed by atoms with Crippen LogP contribution in [0.4, 0.5) is 0 Å². The first kappa shape index (κ1) is 19.7. The molecular weight excluding hydrogens is 382 g/mol. The van der Waals surface area contributed by atoms with Crippen LogP contribution in [0, 0.1) is 0 Å². The largest absolute Gasteiger partial charge is 0.454 e. The molecule has 0 aliphatic rings. The number of halogens is 1. The number of amides is 3. The van der Waals surface area contributed by atoms with Gasteiger partial charge in [-0.05, 0) is 6.07 Å². The molecule has 8 nitrogen and oxygen atoms in total. The molecule has 1 aromatic heterocycles. The van der Waals surface area contributed by atoms with Crippen molar-refractivity contribution in [2.45, 2.75) is 0 Å². The van der Waals surface area contributed by atoms with Crippen LogP contribution >= 0.6 is 22.9 Å². The molecule has 0 aliphatic carbocycles. The Hall–Kier alpha value is -2.65. The first-order valence-corrected chi connectivity index (χ1v) is 8.70. The zero-order valence-electron chi connectivity index (χ0n) is 13.8. The van der Waals surface area contributed by atoms with E-state index in [1.54, 1.807) is 6.07 Å². The lowest BCUT2D eigenvalue weighted by Gasteiger charge is -2.07. The Bertz CT molecular complexity index is 852. The molecule has 1 heterocycles. The van der Waals surface area contributed by atoms with Gasteiger partial charge in [0.2, 0.25) is 5.91 Å². The SMILES string of the molecule is CNC(=O)CNC(=O)COC(=O)CNC(=O)c1sc2ccccc2c1Cl. The van der Waals surface area contributed by atoms with E-state index in [4.69, 9.17) is 16.3 Å². The highest BCUT2D eigenvalue weighted by molar-refractivity contribution is 7.21. The fourth-order valence-electron chi connectivity index (χ4n) is 1.91. The maximum atomic E-state index is 12.2. The number of likely N-dealkylation sites (N-methyl/N-ethyl adjacent to an activating group) is 1. The van der Waals surface area contributed by atoms with Crippen LogP contribution < -0.4 is 16.0 Å². The van der Waals surface area contributed by atoms with Crippen LogP contribution in [0.25, 0.3) is 10.1 Å². The third-order valence-electron chi connectivity index (χ3n) is 3.22. The summed E-state index contributed by atoms with van der Waals surface area (Å²) in [5, 5.41) is 8.09. The van der Waals surface area contributed by atoms with Crippen molar-refractivity contribution in [3.05, 3.63) is 34.2 Å². The Kier molecular flexibility index (Phi) is 6.93. The number of benzene rings is 1. The molecule has 0 aliphatic heterocycles. The van der Waals surface area contributed by atoms with E-state index in [1.807, 2.05) is 18.2 Å². The van der Waals surface area contributed by atoms with Crippen molar-refractivity contribution in [3.8, 4) is 0 Å². The highest BCUT2D eigenvalue weighted by atomic mass is 35.5. The van der Waals surface area contributed by atoms with E-state index < -0.39 is 30.9 Å². The van der Waals surface area contributed by atoms with E-state index >= 15 is 0 Å². The Labute approximate surface area is 157 Å². The number of ether oxygens (including phenoxy) is 1. The van der Waals surface area contributed by atoms with Crippen LogP contribution in [0.15, 0.2) is 24.3 Å². The fraction of sp³-hybridized carbons (Fsp3) is 0.250. The lowest BCUT2D eigenvalue weighted by molar-refractivity contribution is -0.147. The van der Waals surface area contributed by atoms with Gasteiger partial charge in [-0.1, -0.05) is 29.8 Å². The van der Waals surface area contributed by atoms with E-state index in [-0.39, 0.29) is 12.5 Å². The van der Waals surface area contributed by atoms with E-state index in [0.29, 0.717) is 9.90 Å². The predicted molar refractivity (Wildman–Crippen MR) is 97.2 cm³/mol. The molecule has 0 unspecified atom stereocenters. The van der Waals surface area contributed by atoms with Crippen molar-refractivity contribution < 1.29 is 23.9 Å². The summed E-state index contributed by atoms with van der Waals surface area (Å²) in [5.41, 5.74) is 0. The van der Waals surface area contributed by atoms with Crippen molar-refractivity contribution in [2.75, 3.05) is 26.7 Å². The molecule has 3 N–H and O–H groups in total. The zero-order chi connectivity index (χ0) is 19.1. The molecule has 2 rings (SSSR count). The van der Waals surface area contributed by atoms with Gasteiger partial charge in [-0.3, -0.25) is 19.2 Å². The summed E-state index contributed by atoms with van der Waals surface area (Å²) in [5.74, 6) is -2.29. The van der Waals surface area contributed by atoms with Crippen LogP contribution in [0.5, 0.6) is 0 Å². The van der Waals surface area contributed by atoms with Crippen LogP contribution in [0.2, 0.25) is 5.02 Å². The van der Waals surface area contributed by atoms with Crippen LogP contribution in [-0.4, -0.2) is 50.4 Å². The van der Waals surface area contributed by atoms with E-state index in [9.17, 15) is 19.2 Å². The second-order valence-electron chi connectivity index (χ2n) is 5.03. The molecule has 0 saturated carbocycles. The number of rotatable bonds is 7. The van der Waals surface area contributed by atoms with Crippen molar-refractivity contribution >= 4 is 56.7 Å². The lowest BCUT2D eigenvalue weighted by atomic mass is 10.2. The standard InChI is InChI=1S/C16H16ClN3O5S/c1-18-11(21)6-19-12(22)8-25-13(23)7-20-16(24)15-14(17)9-4-2-3-5-10(9)26-15/h2-5H,6-8H2,1H3,(H,18,21)(H,19,22)(H,20,24). The third-order valence-corrected chi connectivity index (χ3v) is 4.90. The smallest absolute Gasteiger partial charge is 0.325 e. The molecule has 3 amide bonds. The topological polar surface area (TPSA) is 114 Å². The Morgan fingerprint density at radius 2 is 1.81 bits per heavy atom. The second-order valence-corrected chi connectivity index (χ2v) is 6.46. The van der Waals surface area contributed by atoms with Gasteiger partial charge in [0.25, 0.3) is 11.8 Å². The summed E-state index contributed by atoms with van der Waals surface area (Å²) in [6.45, 7) is -1.17. The van der Waals surface area contributed by atoms with E-state index in [0.717, 1.165) is 10.1 Å². The monoisotopic (exact) mass is 397 g/mol. The minimum absolute atomic E-state index is 0.214. The van der Waals surface area contributed by atoms with Crippen molar-refractivity contribution in [3.63, 3.8) is 0 Å². The minimum Gasteiger partial charge on any atom is -0.454 e. The fourth-order valence-corrected chi connectivity index (χ4v) is 3.34. The number of fused-ring (bicyclic) bond motifs is 1. The molecule has 1 aromatic carbocycles. The highest BCUT2D eigenvalue weighted by Gasteiger charge is 2.18. The van der Waals surface area contributed by atoms with Gasteiger partial charge < -0.3 is 20.7 Å². The van der Waals surface area contributed by atoms with Gasteiger partial charge in [0.1, 0.15) is 11.4 Å². The predicted octanol–water partition coefficient (Wildman–Crippen LogP) is 0.690. The molecule has 0 fully saturated rings. The van der Waals surface area contributed by atoms with E-state index in [1.165, 1.54) is 18.4 Å². The summed E-state index contributed by atoms with van der Waals surface area (Å²) >= 11 is 7.41. The molecule has 0 spiro atoms. The summed E-state index contributed by atoms with van der Waals surface area (Å²) in [4.78, 5) is 46.4. The van der Waals surface area contributed by atoms with Crippen LogP contribution in [-0.2, 0) is 19.1 Å². The number of esters is 1. The maximum absolute atomic E-state index is 12.2. The third kappa shape index (κ3) is 5.17. The molecule has 0 bridgehead atoms. The number of carbonyl (C=O) groups is 4. The van der Waals surface area contributed by atoms with Gasteiger partial charge in [0.15, 0.2) is 6.61 Å². The molecule has 0 radical (unpaired) electrons. The number of carbonyl (C=O) groups excluding carboxylic acids is 4. The summed E-state index contributed by atoms with van der Waals surface area (Å²) in [6, 6.07) is 7.30. The van der Waals surface area contributed by atoms with Gasteiger partial charge in [0.05, 0.1) is 11.6 Å². The lowest BCUT2D eigenvalue weighted by Crippen LogP contribution is -2.38. The summed E-state index contributed by atoms with van der Waals surface area (Å²) in [6.07, 6.45) is 0. The molecule has 2 aromatic rings. The first-order valence-electron chi connectivity index (χ1n) is 7.50. The highest BCUT2D eigenvalue weighted by Crippen LogP contribution is 2.34. The molecule has 0 atom stereocenters. The van der Waals surface area contributed by atoms with Crippen molar-refractivity contribution in [2.24, 2.45) is 0 Å². The zero-order valence-corrected chi connectivity index (χ0v) is 15.3. The molecule has 10 heteroatoms. The Morgan fingerprint density at radius 3 is 2.50 bits per heavy atom. The summed E-state index contributed by atoms with van der Waals surface area (Å²) in [7, 11) is 1.43. The van der Waals surface area contributed by atoms with Crippen LogP contribution in [0.3, 0.4) is 0 Å². The quantitative estimate of drug-likeness (QED) is 0.595. The van der Waals surface area contributed by atoms with Gasteiger partial charge in [-0.25, -0.2) is 0 Å². The second kappa shape index (κ2) is 9.16. The number of hydrogen-bond donors (Lipinski definition) is 3. The van der Waals surface area contributed by atoms with Crippen molar-refractivity contribution in [1.82, 2.24) is 16.0 Å². The first-order chi connectivity index (χ1) is 12.4. The van der Waals surface area contributed by atoms with Gasteiger partial charge >= 0.3 is 5.97 Å². The maximum Gasteiger partial charge on any atom is 0.325 e. The van der Waals surface area contributed by atoms with E-state index in [2.05, 4.69) is 16.0 Å². The average Bonchev–Trinajstić information content (AvgIpc) is 2.99. The number of nitrogens with one attached hydrogen (secondary N) is 3. The normalized spacial score (nSPS) is 10.2. The average molecular weight is 398 g/mol. The minimum atomic E-state index is -0.786. The van der Waals surface area contributed by atoms with Crippen LogP contribution in [0.1, 0.15) is 9.67 Å². The molecule has 0 saturated heterocycles. The van der Waals surface area contributed by atoms with Gasteiger partial charge in [-0.15, -0.1) is 11.3 Å². The van der Waals surface area contributed by atoms with Crippen molar-refractivity contribution in [1.29, 1.82) is 0 Å². The number of hydrogen-bond acceptors (Lipinski definition) is 6. The number of thiophene rings is 1. The molecular formula is C16H16ClN3O5S. The summed E-state index contributed by atoms with van der Waals surface area (Å²) < 4.78 is 5.58. The Balaban J connectivity index is 1.79. The van der Waals surface area contributed by atoms with Gasteiger partial charge in [-0.2, -0.15) is 0 Å².